The fourth-order valence-corrected chi connectivity index (χ4v) is 2.25. The van der Waals surface area contributed by atoms with Crippen molar-refractivity contribution in [2.45, 2.75) is 26.8 Å². The lowest BCUT2D eigenvalue weighted by molar-refractivity contribution is -0.140. The maximum atomic E-state index is 12.3. The molecule has 0 aromatic carbocycles. The molecular formula is C13H22N4O. The van der Waals surface area contributed by atoms with Crippen LogP contribution in [0.5, 0.6) is 0 Å². The third-order valence-electron chi connectivity index (χ3n) is 3.23. The minimum atomic E-state index is -0.309. The molecule has 18 heavy (non-hydrogen) atoms. The SMILES string of the molecule is Cn1cc(C2CN(C(=O)C(C)(C)C)CCN2)cn1. The summed E-state index contributed by atoms with van der Waals surface area (Å²) in [6.45, 7) is 8.25. The van der Waals surface area contributed by atoms with Crippen LogP contribution in [0, 0.1) is 5.41 Å². The summed E-state index contributed by atoms with van der Waals surface area (Å²) in [5, 5.41) is 7.62. The van der Waals surface area contributed by atoms with E-state index in [1.54, 1.807) is 4.68 Å². The van der Waals surface area contributed by atoms with E-state index < -0.39 is 0 Å². The van der Waals surface area contributed by atoms with Crippen molar-refractivity contribution >= 4 is 5.91 Å². The van der Waals surface area contributed by atoms with Crippen LogP contribution < -0.4 is 5.32 Å². The van der Waals surface area contributed by atoms with Crippen molar-refractivity contribution in [3.8, 4) is 0 Å². The van der Waals surface area contributed by atoms with Gasteiger partial charge in [-0.15, -0.1) is 0 Å². The largest absolute Gasteiger partial charge is 0.339 e. The highest BCUT2D eigenvalue weighted by atomic mass is 16.2. The Hall–Kier alpha value is -1.36. The van der Waals surface area contributed by atoms with Crippen LogP contribution in [0.1, 0.15) is 32.4 Å². The first kappa shape index (κ1) is 13.1. The van der Waals surface area contributed by atoms with Gasteiger partial charge in [0, 0.05) is 43.9 Å². The molecule has 1 N–H and O–H groups in total. The summed E-state index contributed by atoms with van der Waals surface area (Å²) in [4.78, 5) is 14.2. The maximum absolute atomic E-state index is 12.3. The highest BCUT2D eigenvalue weighted by Gasteiger charge is 2.31. The average Bonchev–Trinajstić information content (AvgIpc) is 2.74. The Bertz CT molecular complexity index is 432. The molecule has 0 saturated carbocycles. The molecular weight excluding hydrogens is 228 g/mol. The second kappa shape index (κ2) is 4.72. The van der Waals surface area contributed by atoms with Gasteiger partial charge in [0.1, 0.15) is 0 Å². The Morgan fingerprint density at radius 2 is 2.22 bits per heavy atom. The number of amides is 1. The average molecular weight is 250 g/mol. The van der Waals surface area contributed by atoms with E-state index in [1.165, 1.54) is 0 Å². The van der Waals surface area contributed by atoms with Crippen LogP contribution >= 0.6 is 0 Å². The summed E-state index contributed by atoms with van der Waals surface area (Å²) in [6, 6.07) is 0.193. The molecule has 1 aliphatic heterocycles. The Kier molecular flexibility index (Phi) is 3.43. The number of nitrogens with one attached hydrogen (secondary N) is 1. The molecule has 1 aromatic heterocycles. The number of rotatable bonds is 1. The molecule has 100 valence electrons. The molecule has 0 radical (unpaired) electrons. The Balaban J connectivity index is 2.07. The molecule has 2 heterocycles. The van der Waals surface area contributed by atoms with E-state index >= 15 is 0 Å². The number of piperazine rings is 1. The van der Waals surface area contributed by atoms with Crippen molar-refractivity contribution < 1.29 is 4.79 Å². The summed E-state index contributed by atoms with van der Waals surface area (Å²) in [5.74, 6) is 0.220. The Labute approximate surface area is 108 Å². The van der Waals surface area contributed by atoms with Gasteiger partial charge in [-0.05, 0) is 0 Å². The summed E-state index contributed by atoms with van der Waals surface area (Å²) in [7, 11) is 1.91. The number of hydrogen-bond acceptors (Lipinski definition) is 3. The molecule has 5 nitrogen and oxygen atoms in total. The standard InChI is InChI=1S/C13H22N4O/c1-13(2,3)12(18)17-6-5-14-11(9-17)10-7-15-16(4)8-10/h7-8,11,14H,5-6,9H2,1-4H3. The normalized spacial score (nSPS) is 21.1. The third kappa shape index (κ3) is 2.72. The molecule has 1 atom stereocenters. The predicted molar refractivity (Wildman–Crippen MR) is 70.0 cm³/mol. The Morgan fingerprint density at radius 3 is 2.78 bits per heavy atom. The zero-order valence-corrected chi connectivity index (χ0v) is 11.6. The summed E-state index contributed by atoms with van der Waals surface area (Å²) in [5.41, 5.74) is 0.834. The molecule has 5 heteroatoms. The number of carbonyl (C=O) groups is 1. The van der Waals surface area contributed by atoms with Crippen molar-refractivity contribution in [1.29, 1.82) is 0 Å². The molecule has 1 amide bonds. The minimum absolute atomic E-state index is 0.193. The molecule has 1 saturated heterocycles. The van der Waals surface area contributed by atoms with Gasteiger partial charge in [0.2, 0.25) is 5.91 Å². The van der Waals surface area contributed by atoms with Crippen LogP contribution in [-0.2, 0) is 11.8 Å². The van der Waals surface area contributed by atoms with E-state index in [2.05, 4.69) is 10.4 Å². The van der Waals surface area contributed by atoms with E-state index in [0.717, 1.165) is 25.2 Å². The minimum Gasteiger partial charge on any atom is -0.339 e. The first-order valence-electron chi connectivity index (χ1n) is 6.39. The second-order valence-corrected chi connectivity index (χ2v) is 5.96. The van der Waals surface area contributed by atoms with Crippen LogP contribution in [0.3, 0.4) is 0 Å². The summed E-state index contributed by atoms with van der Waals surface area (Å²) in [6.07, 6.45) is 3.87. The van der Waals surface area contributed by atoms with Crippen molar-refractivity contribution in [2.24, 2.45) is 12.5 Å². The molecule has 0 aliphatic carbocycles. The van der Waals surface area contributed by atoms with Gasteiger partial charge in [0.15, 0.2) is 0 Å². The molecule has 2 rings (SSSR count). The molecule has 1 unspecified atom stereocenters. The molecule has 1 aromatic rings. The lowest BCUT2D eigenvalue weighted by Gasteiger charge is -2.36. The van der Waals surface area contributed by atoms with E-state index in [-0.39, 0.29) is 17.4 Å². The third-order valence-corrected chi connectivity index (χ3v) is 3.23. The van der Waals surface area contributed by atoms with Crippen LogP contribution in [0.15, 0.2) is 12.4 Å². The van der Waals surface area contributed by atoms with Gasteiger partial charge < -0.3 is 10.2 Å². The molecule has 1 aliphatic rings. The first-order valence-corrected chi connectivity index (χ1v) is 6.39. The van der Waals surface area contributed by atoms with Gasteiger partial charge in [-0.2, -0.15) is 5.10 Å². The van der Waals surface area contributed by atoms with Crippen LogP contribution in [0.25, 0.3) is 0 Å². The van der Waals surface area contributed by atoms with Crippen molar-refractivity contribution in [1.82, 2.24) is 20.0 Å². The fraction of sp³-hybridized carbons (Fsp3) is 0.692. The molecule has 1 fully saturated rings. The zero-order valence-electron chi connectivity index (χ0n) is 11.6. The van der Waals surface area contributed by atoms with Gasteiger partial charge in [-0.3, -0.25) is 9.48 Å². The lowest BCUT2D eigenvalue weighted by atomic mass is 9.93. The summed E-state index contributed by atoms with van der Waals surface area (Å²) >= 11 is 0. The van der Waals surface area contributed by atoms with Crippen LogP contribution in [0.2, 0.25) is 0 Å². The van der Waals surface area contributed by atoms with Gasteiger partial charge in [-0.1, -0.05) is 20.8 Å². The van der Waals surface area contributed by atoms with E-state index in [0.29, 0.717) is 0 Å². The molecule has 0 spiro atoms. The quantitative estimate of drug-likeness (QED) is 0.807. The second-order valence-electron chi connectivity index (χ2n) is 5.96. The number of aromatic nitrogens is 2. The maximum Gasteiger partial charge on any atom is 0.228 e. The van der Waals surface area contributed by atoms with Gasteiger partial charge in [0.25, 0.3) is 0 Å². The van der Waals surface area contributed by atoms with Gasteiger partial charge in [0.05, 0.1) is 12.2 Å². The van der Waals surface area contributed by atoms with Crippen molar-refractivity contribution in [3.63, 3.8) is 0 Å². The molecule has 0 bridgehead atoms. The van der Waals surface area contributed by atoms with E-state index in [9.17, 15) is 4.79 Å². The highest BCUT2D eigenvalue weighted by molar-refractivity contribution is 5.81. The van der Waals surface area contributed by atoms with Crippen LogP contribution in [0.4, 0.5) is 0 Å². The van der Waals surface area contributed by atoms with Crippen LogP contribution in [-0.4, -0.2) is 40.2 Å². The summed E-state index contributed by atoms with van der Waals surface area (Å²) < 4.78 is 1.79. The highest BCUT2D eigenvalue weighted by Crippen LogP contribution is 2.22. The number of carbonyl (C=O) groups excluding carboxylic acids is 1. The fourth-order valence-electron chi connectivity index (χ4n) is 2.25. The lowest BCUT2D eigenvalue weighted by Crippen LogP contribution is -2.51. The van der Waals surface area contributed by atoms with Crippen molar-refractivity contribution in [3.05, 3.63) is 18.0 Å². The number of aryl methyl sites for hydroxylation is 1. The van der Waals surface area contributed by atoms with Gasteiger partial charge >= 0.3 is 0 Å². The first-order chi connectivity index (χ1) is 8.38. The van der Waals surface area contributed by atoms with Gasteiger partial charge in [-0.25, -0.2) is 0 Å². The smallest absolute Gasteiger partial charge is 0.228 e. The zero-order chi connectivity index (χ0) is 13.3. The van der Waals surface area contributed by atoms with E-state index in [1.807, 2.05) is 45.1 Å². The Morgan fingerprint density at radius 1 is 1.50 bits per heavy atom. The number of hydrogen-bond donors (Lipinski definition) is 1. The van der Waals surface area contributed by atoms with Crippen molar-refractivity contribution in [2.75, 3.05) is 19.6 Å². The van der Waals surface area contributed by atoms with E-state index in [4.69, 9.17) is 0 Å². The topological polar surface area (TPSA) is 50.2 Å². The predicted octanol–water partition coefficient (Wildman–Crippen LogP) is 0.939. The monoisotopic (exact) mass is 250 g/mol. The number of nitrogens with zero attached hydrogens (tertiary/aromatic N) is 3.